The molecule has 0 aromatic carbocycles. The van der Waals surface area contributed by atoms with Gasteiger partial charge < -0.3 is 10.5 Å². The first kappa shape index (κ1) is 9.01. The van der Waals surface area contributed by atoms with E-state index in [0.29, 0.717) is 12.6 Å². The van der Waals surface area contributed by atoms with E-state index in [1.807, 2.05) is 0 Å². The van der Waals surface area contributed by atoms with Crippen molar-refractivity contribution in [1.82, 2.24) is 0 Å². The predicted molar refractivity (Wildman–Crippen MR) is 46.4 cm³/mol. The monoisotopic (exact) mass is 157 g/mol. The highest BCUT2D eigenvalue weighted by Gasteiger charge is 2.27. The van der Waals surface area contributed by atoms with E-state index in [-0.39, 0.29) is 0 Å². The number of hydrogen-bond acceptors (Lipinski definition) is 2. The highest BCUT2D eigenvalue weighted by atomic mass is 16.5. The van der Waals surface area contributed by atoms with Crippen LogP contribution in [-0.4, -0.2) is 19.3 Å². The molecule has 11 heavy (non-hydrogen) atoms. The van der Waals surface area contributed by atoms with E-state index >= 15 is 0 Å². The molecule has 0 aromatic heterocycles. The van der Waals surface area contributed by atoms with Crippen molar-refractivity contribution in [2.24, 2.45) is 17.6 Å². The van der Waals surface area contributed by atoms with Gasteiger partial charge in [0.05, 0.1) is 12.7 Å². The van der Waals surface area contributed by atoms with E-state index in [1.54, 1.807) is 0 Å². The predicted octanol–water partition coefficient (Wildman–Crippen LogP) is 1.40. The fourth-order valence-corrected chi connectivity index (χ4v) is 1.63. The van der Waals surface area contributed by atoms with Crippen LogP contribution in [0.5, 0.6) is 0 Å². The molecule has 0 bridgehead atoms. The first-order valence-electron chi connectivity index (χ1n) is 4.59. The Morgan fingerprint density at radius 2 is 2.36 bits per heavy atom. The molecule has 0 radical (unpaired) electrons. The third-order valence-electron chi connectivity index (χ3n) is 2.82. The second-order valence-electron chi connectivity index (χ2n) is 3.57. The van der Waals surface area contributed by atoms with Crippen LogP contribution in [0.1, 0.15) is 26.7 Å². The smallest absolute Gasteiger partial charge is 0.0701 e. The molecule has 1 fully saturated rings. The summed E-state index contributed by atoms with van der Waals surface area (Å²) in [5, 5.41) is 0. The zero-order valence-electron chi connectivity index (χ0n) is 7.55. The van der Waals surface area contributed by atoms with Crippen LogP contribution in [-0.2, 0) is 4.74 Å². The van der Waals surface area contributed by atoms with Gasteiger partial charge in [-0.1, -0.05) is 20.3 Å². The number of ether oxygens (including phenoxy) is 1. The van der Waals surface area contributed by atoms with Crippen molar-refractivity contribution >= 4 is 0 Å². The lowest BCUT2D eigenvalue weighted by Gasteiger charge is -2.14. The third kappa shape index (κ3) is 2.17. The molecule has 66 valence electrons. The normalized spacial score (nSPS) is 34.1. The Labute approximate surface area is 69.1 Å². The SMILES string of the molecule is CC[C@H](C)[C@@H]1CO[C@H](CN)C1. The van der Waals surface area contributed by atoms with Gasteiger partial charge in [0.25, 0.3) is 0 Å². The van der Waals surface area contributed by atoms with Crippen LogP contribution in [0.4, 0.5) is 0 Å². The molecule has 0 saturated carbocycles. The second-order valence-corrected chi connectivity index (χ2v) is 3.57. The minimum Gasteiger partial charge on any atom is -0.377 e. The quantitative estimate of drug-likeness (QED) is 0.672. The molecule has 1 heterocycles. The van der Waals surface area contributed by atoms with Crippen LogP contribution in [0.2, 0.25) is 0 Å². The highest BCUT2D eigenvalue weighted by Crippen LogP contribution is 2.27. The Kier molecular flexibility index (Phi) is 3.34. The maximum Gasteiger partial charge on any atom is 0.0701 e. The van der Waals surface area contributed by atoms with Crippen LogP contribution in [0.25, 0.3) is 0 Å². The maximum atomic E-state index is 5.51. The zero-order valence-corrected chi connectivity index (χ0v) is 7.55. The van der Waals surface area contributed by atoms with Gasteiger partial charge in [-0.05, 0) is 18.3 Å². The molecule has 0 amide bonds. The molecule has 1 rings (SSSR count). The fraction of sp³-hybridized carbons (Fsp3) is 1.00. The molecule has 1 aliphatic heterocycles. The van der Waals surface area contributed by atoms with Crippen LogP contribution in [0.15, 0.2) is 0 Å². The average Bonchev–Trinajstić information content (AvgIpc) is 2.50. The minimum atomic E-state index is 0.342. The van der Waals surface area contributed by atoms with Gasteiger partial charge in [-0.3, -0.25) is 0 Å². The lowest BCUT2D eigenvalue weighted by atomic mass is 9.90. The Balaban J connectivity index is 2.29. The van der Waals surface area contributed by atoms with Gasteiger partial charge in [0.15, 0.2) is 0 Å². The summed E-state index contributed by atoms with van der Waals surface area (Å²) in [4.78, 5) is 0. The Morgan fingerprint density at radius 1 is 1.64 bits per heavy atom. The Bertz CT molecular complexity index is 116. The summed E-state index contributed by atoms with van der Waals surface area (Å²) in [7, 11) is 0. The molecular formula is C9H19NO. The molecule has 2 nitrogen and oxygen atoms in total. The average molecular weight is 157 g/mol. The largest absolute Gasteiger partial charge is 0.377 e. The van der Waals surface area contributed by atoms with Gasteiger partial charge >= 0.3 is 0 Å². The topological polar surface area (TPSA) is 35.2 Å². The van der Waals surface area contributed by atoms with Crippen LogP contribution < -0.4 is 5.73 Å². The van der Waals surface area contributed by atoms with Crippen LogP contribution in [0.3, 0.4) is 0 Å². The van der Waals surface area contributed by atoms with Crippen molar-refractivity contribution in [2.75, 3.05) is 13.2 Å². The summed E-state index contributed by atoms with van der Waals surface area (Å²) in [6.07, 6.45) is 2.77. The molecule has 0 unspecified atom stereocenters. The van der Waals surface area contributed by atoms with Crippen LogP contribution >= 0.6 is 0 Å². The third-order valence-corrected chi connectivity index (χ3v) is 2.82. The van der Waals surface area contributed by atoms with Crippen molar-refractivity contribution in [3.05, 3.63) is 0 Å². The molecule has 0 aromatic rings. The van der Waals surface area contributed by atoms with Crippen molar-refractivity contribution in [3.63, 3.8) is 0 Å². The van der Waals surface area contributed by atoms with Crippen molar-refractivity contribution in [1.29, 1.82) is 0 Å². The van der Waals surface area contributed by atoms with Crippen molar-refractivity contribution in [3.8, 4) is 0 Å². The van der Waals surface area contributed by atoms with Gasteiger partial charge in [0.2, 0.25) is 0 Å². The van der Waals surface area contributed by atoms with Gasteiger partial charge in [0, 0.05) is 6.54 Å². The minimum absolute atomic E-state index is 0.342. The molecule has 3 atom stereocenters. The molecule has 2 heteroatoms. The molecule has 2 N–H and O–H groups in total. The molecule has 1 aliphatic rings. The van der Waals surface area contributed by atoms with Crippen LogP contribution in [0, 0.1) is 11.8 Å². The first-order chi connectivity index (χ1) is 5.27. The van der Waals surface area contributed by atoms with E-state index in [2.05, 4.69) is 13.8 Å². The van der Waals surface area contributed by atoms with Gasteiger partial charge in [0.1, 0.15) is 0 Å². The Morgan fingerprint density at radius 3 is 2.82 bits per heavy atom. The standard InChI is InChI=1S/C9H19NO/c1-3-7(2)8-4-9(5-10)11-6-8/h7-9H,3-6,10H2,1-2H3/t7-,8-,9-/m0/s1. The summed E-state index contributed by atoms with van der Waals surface area (Å²) in [6, 6.07) is 0. The van der Waals surface area contributed by atoms with Gasteiger partial charge in [-0.15, -0.1) is 0 Å². The number of nitrogens with two attached hydrogens (primary N) is 1. The second kappa shape index (κ2) is 4.07. The zero-order chi connectivity index (χ0) is 8.27. The van der Waals surface area contributed by atoms with Gasteiger partial charge in [-0.25, -0.2) is 0 Å². The van der Waals surface area contributed by atoms with E-state index < -0.39 is 0 Å². The van der Waals surface area contributed by atoms with E-state index in [9.17, 15) is 0 Å². The number of rotatable bonds is 3. The number of hydrogen-bond donors (Lipinski definition) is 1. The van der Waals surface area contributed by atoms with Gasteiger partial charge in [-0.2, -0.15) is 0 Å². The summed E-state index contributed by atoms with van der Waals surface area (Å²) < 4.78 is 5.51. The molecule has 0 spiro atoms. The van der Waals surface area contributed by atoms with Crippen molar-refractivity contribution in [2.45, 2.75) is 32.8 Å². The lowest BCUT2D eigenvalue weighted by Crippen LogP contribution is -2.19. The van der Waals surface area contributed by atoms with E-state index in [0.717, 1.165) is 18.4 Å². The van der Waals surface area contributed by atoms with E-state index in [1.165, 1.54) is 12.8 Å². The first-order valence-corrected chi connectivity index (χ1v) is 4.59. The summed E-state index contributed by atoms with van der Waals surface area (Å²) >= 11 is 0. The molecular weight excluding hydrogens is 138 g/mol. The molecule has 1 saturated heterocycles. The summed E-state index contributed by atoms with van der Waals surface area (Å²) in [6.45, 7) is 6.15. The molecule has 0 aliphatic carbocycles. The summed E-state index contributed by atoms with van der Waals surface area (Å²) in [5.74, 6) is 1.56. The lowest BCUT2D eigenvalue weighted by molar-refractivity contribution is 0.108. The Hall–Kier alpha value is -0.0800. The summed E-state index contributed by atoms with van der Waals surface area (Å²) in [5.41, 5.74) is 5.51. The maximum absolute atomic E-state index is 5.51. The highest BCUT2D eigenvalue weighted by molar-refractivity contribution is 4.77. The fourth-order valence-electron chi connectivity index (χ4n) is 1.63. The van der Waals surface area contributed by atoms with Crippen molar-refractivity contribution < 1.29 is 4.74 Å². The van der Waals surface area contributed by atoms with E-state index in [4.69, 9.17) is 10.5 Å².